The van der Waals surface area contributed by atoms with Crippen molar-refractivity contribution in [2.75, 3.05) is 0 Å². The molecule has 0 saturated heterocycles. The molecule has 0 aromatic carbocycles. The first kappa shape index (κ1) is 10.9. The first-order valence-corrected chi connectivity index (χ1v) is 2.77. The molecule has 0 aromatic rings. The zero-order valence-corrected chi connectivity index (χ0v) is 5.61. The Hall–Kier alpha value is -1.13. The molecule has 70 valence electrons. The highest BCUT2D eigenvalue weighted by atomic mass is 19.4. The number of halogens is 3. The van der Waals surface area contributed by atoms with Gasteiger partial charge in [0.25, 0.3) is 5.78 Å². The molecule has 1 aliphatic rings. The third-order valence-corrected chi connectivity index (χ3v) is 1.02. The molecule has 0 atom stereocenters. The lowest BCUT2D eigenvalue weighted by molar-refractivity contribution is -0.461. The van der Waals surface area contributed by atoms with E-state index in [0.29, 0.717) is 6.79 Å². The van der Waals surface area contributed by atoms with Crippen molar-refractivity contribution >= 4 is 5.78 Å². The maximum absolute atomic E-state index is 11.8. The molecule has 0 aliphatic carbocycles. The molecular weight excluding hydrogens is 173 g/mol. The predicted octanol–water partition coefficient (Wildman–Crippen LogP) is 2.34. The Bertz CT molecular complexity index is 215. The Kier molecular flexibility index (Phi) is 3.18. The fourth-order valence-corrected chi connectivity index (χ4v) is 0.553. The molecule has 1 heterocycles. The van der Waals surface area contributed by atoms with Crippen molar-refractivity contribution in [1.82, 2.24) is 0 Å². The lowest BCUT2D eigenvalue weighted by Crippen LogP contribution is -2.25. The van der Waals surface area contributed by atoms with Gasteiger partial charge in [-0.1, -0.05) is 7.43 Å². The number of ketones is 1. The average Bonchev–Trinajstić information content (AvgIpc) is 1.86. The Balaban J connectivity index is 0.00000121. The molecule has 0 saturated carbocycles. The van der Waals surface area contributed by atoms with E-state index < -0.39 is 12.0 Å². The number of ether oxygens (including phenoxy) is 1. The second-order valence-corrected chi connectivity index (χ2v) is 1.95. The molecule has 0 fully saturated rings. The van der Waals surface area contributed by atoms with Gasteiger partial charge in [-0.3, -0.25) is 0 Å². The molecule has 0 radical (unpaired) electrons. The van der Waals surface area contributed by atoms with Crippen LogP contribution in [0, 0.1) is 6.79 Å². The van der Waals surface area contributed by atoms with Crippen LogP contribution in [0.4, 0.5) is 13.2 Å². The van der Waals surface area contributed by atoms with Crippen LogP contribution in [0.3, 0.4) is 0 Å². The van der Waals surface area contributed by atoms with E-state index in [0.717, 1.165) is 6.08 Å². The van der Waals surface area contributed by atoms with Gasteiger partial charge < -0.3 is 9.16 Å². The molecule has 0 amide bonds. The largest absolute Gasteiger partial charge is 0.481 e. The fraction of sp³-hybridized carbons (Fsp3) is 0.429. The number of alkyl halides is 3. The number of allylic oxidation sites excluding steroid dienone is 2. The highest BCUT2D eigenvalue weighted by Gasteiger charge is 2.37. The minimum Gasteiger partial charge on any atom is -0.481 e. The summed E-state index contributed by atoms with van der Waals surface area (Å²) in [6.07, 6.45) is -3.65. The van der Waals surface area contributed by atoms with Crippen molar-refractivity contribution in [3.8, 4) is 0 Å². The van der Waals surface area contributed by atoms with Crippen molar-refractivity contribution in [3.05, 3.63) is 18.6 Å². The Morgan fingerprint density at radius 2 is 2.08 bits per heavy atom. The van der Waals surface area contributed by atoms with Gasteiger partial charge in [-0.05, 0) is 13.0 Å². The minimum absolute atomic E-state index is 0. The quantitative estimate of drug-likeness (QED) is 0.416. The van der Waals surface area contributed by atoms with Gasteiger partial charge in [-0.25, -0.2) is 0 Å². The van der Waals surface area contributed by atoms with E-state index in [2.05, 4.69) is 9.16 Å². The Morgan fingerprint density at radius 3 is 2.42 bits per heavy atom. The summed E-state index contributed by atoms with van der Waals surface area (Å²) in [7, 11) is 0. The second-order valence-electron chi connectivity index (χ2n) is 1.95. The number of rotatable bonds is 0. The summed E-state index contributed by atoms with van der Waals surface area (Å²) < 4.78 is 44.1. The summed E-state index contributed by atoms with van der Waals surface area (Å²) in [5.41, 5.74) is 0. The van der Waals surface area contributed by atoms with Crippen LogP contribution < -0.4 is 0 Å². The van der Waals surface area contributed by atoms with Gasteiger partial charge in [-0.15, -0.1) is 0 Å². The first-order valence-electron chi connectivity index (χ1n) is 2.77. The molecule has 1 rings (SSSR count). The maximum atomic E-state index is 11.8. The van der Waals surface area contributed by atoms with Crippen LogP contribution in [0.25, 0.3) is 0 Å². The third kappa shape index (κ3) is 2.48. The van der Waals surface area contributed by atoms with Crippen LogP contribution in [0.5, 0.6) is 0 Å². The molecule has 1 aliphatic heterocycles. The Labute approximate surface area is 68.3 Å². The normalized spacial score (nSPS) is 16.3. The highest BCUT2D eigenvalue weighted by Crippen LogP contribution is 2.20. The number of hydrogen-bond acceptors (Lipinski definition) is 1. The van der Waals surface area contributed by atoms with Crippen molar-refractivity contribution in [3.63, 3.8) is 0 Å². The van der Waals surface area contributed by atoms with Crippen molar-refractivity contribution in [2.45, 2.75) is 20.5 Å². The molecule has 0 bridgehead atoms. The summed E-state index contributed by atoms with van der Waals surface area (Å²) in [4.78, 5) is 0. The maximum Gasteiger partial charge on any atom is 0.430 e. The zero-order chi connectivity index (χ0) is 8.48. The van der Waals surface area contributed by atoms with Crippen molar-refractivity contribution < 1.29 is 22.3 Å². The first-order chi connectivity index (χ1) is 5.00. The Morgan fingerprint density at radius 1 is 1.50 bits per heavy atom. The molecule has 2 nitrogen and oxygen atoms in total. The average molecular weight is 182 g/mol. The van der Waals surface area contributed by atoms with Gasteiger partial charge in [0.15, 0.2) is 0 Å². The van der Waals surface area contributed by atoms with Crippen LogP contribution in [-0.4, -0.2) is 12.0 Å². The molecular formula is C7H9F3O2. The second kappa shape index (κ2) is 3.51. The summed E-state index contributed by atoms with van der Waals surface area (Å²) in [6.45, 7) is 2.06. The smallest absolute Gasteiger partial charge is 0.430 e. The zero-order valence-electron chi connectivity index (χ0n) is 5.61. The van der Waals surface area contributed by atoms with Crippen molar-refractivity contribution in [2.24, 2.45) is 0 Å². The van der Waals surface area contributed by atoms with E-state index in [-0.39, 0.29) is 13.2 Å². The van der Waals surface area contributed by atoms with Crippen molar-refractivity contribution in [1.29, 1.82) is 0 Å². The van der Waals surface area contributed by atoms with E-state index >= 15 is 0 Å². The van der Waals surface area contributed by atoms with Gasteiger partial charge >= 0.3 is 13.0 Å². The van der Waals surface area contributed by atoms with Gasteiger partial charge in [0, 0.05) is 0 Å². The van der Waals surface area contributed by atoms with E-state index in [4.69, 9.17) is 0 Å². The fourth-order valence-electron chi connectivity index (χ4n) is 0.553. The van der Waals surface area contributed by atoms with E-state index in [1.54, 1.807) is 0 Å². The summed E-state index contributed by atoms with van der Waals surface area (Å²) in [5.74, 6) is -0.898. The highest BCUT2D eigenvalue weighted by molar-refractivity contribution is 5.95. The minimum atomic E-state index is -4.44. The van der Waals surface area contributed by atoms with Crippen LogP contribution >= 0.6 is 0 Å². The van der Waals surface area contributed by atoms with Gasteiger partial charge in [-0.2, -0.15) is 13.2 Å². The molecule has 0 unspecified atom stereocenters. The monoisotopic (exact) mass is 182 g/mol. The molecule has 0 aromatic heterocycles. The topological polar surface area (TPSA) is 20.5 Å². The van der Waals surface area contributed by atoms with Gasteiger partial charge in [0.05, 0.1) is 5.76 Å². The van der Waals surface area contributed by atoms with E-state index in [9.17, 15) is 13.2 Å². The molecule has 5 heteroatoms. The van der Waals surface area contributed by atoms with Gasteiger partial charge in [0.1, 0.15) is 0 Å². The SMILES string of the molecule is C.CC1=CC(C(F)(F)F)=[O+][CH-]O1. The molecule has 0 spiro atoms. The third-order valence-electron chi connectivity index (χ3n) is 1.02. The van der Waals surface area contributed by atoms with Crippen LogP contribution in [0.2, 0.25) is 0 Å². The van der Waals surface area contributed by atoms with Crippen LogP contribution in [-0.2, 0) is 9.16 Å². The lowest BCUT2D eigenvalue weighted by Gasteiger charge is -2.11. The van der Waals surface area contributed by atoms with Crippen LogP contribution in [0.15, 0.2) is 11.8 Å². The summed E-state index contributed by atoms with van der Waals surface area (Å²) in [5, 5.41) is 0. The lowest BCUT2D eigenvalue weighted by atomic mass is 10.3. The van der Waals surface area contributed by atoms with E-state index in [1.165, 1.54) is 6.92 Å². The van der Waals surface area contributed by atoms with Crippen LogP contribution in [0.1, 0.15) is 14.4 Å². The predicted molar refractivity (Wildman–Crippen MR) is 36.9 cm³/mol. The number of hydrogen-bond donors (Lipinski definition) is 0. The summed E-state index contributed by atoms with van der Waals surface area (Å²) in [6, 6.07) is 0. The molecule has 12 heavy (non-hydrogen) atoms. The van der Waals surface area contributed by atoms with E-state index in [1.807, 2.05) is 0 Å². The standard InChI is InChI=1S/C6H5F3O2.CH4/c1-4-2-5(6(7,8)9)11-3-10-4;/h2-3H,1H3;1H4. The summed E-state index contributed by atoms with van der Waals surface area (Å²) >= 11 is 0. The van der Waals surface area contributed by atoms with Gasteiger partial charge in [0.2, 0.25) is 0 Å². The number of carbonyl (C=O) groups excluding carboxylic acids is 1. The molecule has 0 N–H and O–H groups in total.